The van der Waals surface area contributed by atoms with Crippen LogP contribution in [0.3, 0.4) is 0 Å². The van der Waals surface area contributed by atoms with Crippen molar-refractivity contribution in [2.75, 3.05) is 13.1 Å². The minimum atomic E-state index is -0.257. The zero-order valence-electron chi connectivity index (χ0n) is 12.2. The summed E-state index contributed by atoms with van der Waals surface area (Å²) in [7, 11) is 0. The number of halogens is 1. The van der Waals surface area contributed by atoms with Crippen molar-refractivity contribution in [1.82, 2.24) is 10.2 Å². The van der Waals surface area contributed by atoms with Gasteiger partial charge in [-0.2, -0.15) is 0 Å². The van der Waals surface area contributed by atoms with Gasteiger partial charge in [0.05, 0.1) is 23.4 Å². The van der Waals surface area contributed by atoms with Crippen molar-refractivity contribution in [2.24, 2.45) is 0 Å². The maximum Gasteiger partial charge on any atom is 0.252 e. The number of benzene rings is 1. The molecule has 0 radical (unpaired) electrons. The summed E-state index contributed by atoms with van der Waals surface area (Å²) in [5.41, 5.74) is 0.421. The fourth-order valence-corrected chi connectivity index (χ4v) is 2.21. The van der Waals surface area contributed by atoms with Crippen LogP contribution in [-0.2, 0) is 11.3 Å². The fraction of sp³-hybridized carbons (Fsp3) is 0.250. The van der Waals surface area contributed by atoms with E-state index in [-0.39, 0.29) is 11.8 Å². The van der Waals surface area contributed by atoms with E-state index in [2.05, 4.69) is 5.32 Å². The first-order valence-corrected chi connectivity index (χ1v) is 7.26. The molecule has 2 rings (SSSR count). The van der Waals surface area contributed by atoms with E-state index < -0.39 is 0 Å². The van der Waals surface area contributed by atoms with Crippen molar-refractivity contribution in [3.8, 4) is 0 Å². The molecule has 2 amide bonds. The Morgan fingerprint density at radius 3 is 2.64 bits per heavy atom. The van der Waals surface area contributed by atoms with E-state index in [1.807, 2.05) is 0 Å². The third-order valence-electron chi connectivity index (χ3n) is 3.16. The largest absolute Gasteiger partial charge is 0.467 e. The van der Waals surface area contributed by atoms with E-state index in [0.29, 0.717) is 36.0 Å². The molecule has 1 N–H and O–H groups in total. The van der Waals surface area contributed by atoms with Crippen LogP contribution in [0.4, 0.5) is 0 Å². The Bertz CT molecular complexity index is 641. The molecule has 0 aliphatic carbocycles. The minimum Gasteiger partial charge on any atom is -0.467 e. The van der Waals surface area contributed by atoms with E-state index in [9.17, 15) is 9.59 Å². The molecule has 0 fully saturated rings. The lowest BCUT2D eigenvalue weighted by molar-refractivity contribution is -0.129. The summed E-state index contributed by atoms with van der Waals surface area (Å²) in [6.45, 7) is 2.60. The fourth-order valence-electron chi connectivity index (χ4n) is 1.98. The Balaban J connectivity index is 1.86. The lowest BCUT2D eigenvalue weighted by Crippen LogP contribution is -2.37. The molecular weight excluding hydrogens is 304 g/mol. The topological polar surface area (TPSA) is 62.6 Å². The van der Waals surface area contributed by atoms with E-state index in [1.165, 1.54) is 6.92 Å². The molecule has 0 saturated heterocycles. The molecule has 6 heteroatoms. The van der Waals surface area contributed by atoms with E-state index in [1.54, 1.807) is 47.6 Å². The van der Waals surface area contributed by atoms with Gasteiger partial charge in [0.25, 0.3) is 5.91 Å². The molecule has 0 bridgehead atoms. The van der Waals surface area contributed by atoms with Crippen LogP contribution in [0.5, 0.6) is 0 Å². The highest BCUT2D eigenvalue weighted by atomic mass is 35.5. The molecule has 1 aromatic carbocycles. The molecule has 0 saturated carbocycles. The van der Waals surface area contributed by atoms with Crippen LogP contribution in [0, 0.1) is 0 Å². The molecule has 1 heterocycles. The van der Waals surface area contributed by atoms with Crippen LogP contribution in [0.25, 0.3) is 0 Å². The number of hydrogen-bond acceptors (Lipinski definition) is 3. The Kier molecular flexibility index (Phi) is 5.61. The summed E-state index contributed by atoms with van der Waals surface area (Å²) in [6.07, 6.45) is 1.56. The third kappa shape index (κ3) is 4.36. The van der Waals surface area contributed by atoms with Gasteiger partial charge < -0.3 is 14.6 Å². The Labute approximate surface area is 133 Å². The SMILES string of the molecule is CC(=O)N(CCNC(=O)c1ccccc1Cl)Cc1ccco1. The highest BCUT2D eigenvalue weighted by molar-refractivity contribution is 6.33. The number of nitrogens with one attached hydrogen (secondary N) is 1. The van der Waals surface area contributed by atoms with Gasteiger partial charge in [-0.15, -0.1) is 0 Å². The Morgan fingerprint density at radius 2 is 2.00 bits per heavy atom. The van der Waals surface area contributed by atoms with Crippen LogP contribution in [0.15, 0.2) is 47.1 Å². The van der Waals surface area contributed by atoms with Gasteiger partial charge in [0.2, 0.25) is 5.91 Å². The van der Waals surface area contributed by atoms with Crippen molar-refractivity contribution < 1.29 is 14.0 Å². The van der Waals surface area contributed by atoms with Crippen LogP contribution in [0.1, 0.15) is 23.0 Å². The Hall–Kier alpha value is -2.27. The van der Waals surface area contributed by atoms with E-state index in [4.69, 9.17) is 16.0 Å². The van der Waals surface area contributed by atoms with Crippen LogP contribution >= 0.6 is 11.6 Å². The second-order valence-electron chi connectivity index (χ2n) is 4.76. The van der Waals surface area contributed by atoms with Crippen LogP contribution in [0.2, 0.25) is 5.02 Å². The van der Waals surface area contributed by atoms with Gasteiger partial charge in [-0.3, -0.25) is 9.59 Å². The summed E-state index contributed by atoms with van der Waals surface area (Å²) >= 11 is 5.97. The molecule has 0 spiro atoms. The average Bonchev–Trinajstić information content (AvgIpc) is 2.99. The summed E-state index contributed by atoms with van der Waals surface area (Å²) in [5.74, 6) is 0.364. The van der Waals surface area contributed by atoms with Gasteiger partial charge >= 0.3 is 0 Å². The summed E-state index contributed by atoms with van der Waals surface area (Å²) in [5, 5.41) is 3.16. The quantitative estimate of drug-likeness (QED) is 0.890. The molecule has 22 heavy (non-hydrogen) atoms. The second kappa shape index (κ2) is 7.66. The highest BCUT2D eigenvalue weighted by Crippen LogP contribution is 2.14. The normalized spacial score (nSPS) is 10.3. The van der Waals surface area contributed by atoms with Gasteiger partial charge in [0.15, 0.2) is 0 Å². The Morgan fingerprint density at radius 1 is 1.23 bits per heavy atom. The predicted octanol–water partition coefficient (Wildman–Crippen LogP) is 2.71. The predicted molar refractivity (Wildman–Crippen MR) is 83.6 cm³/mol. The summed E-state index contributed by atoms with van der Waals surface area (Å²) in [6, 6.07) is 10.4. The molecule has 2 aromatic rings. The standard InChI is InChI=1S/C16H17ClN2O3/c1-12(20)19(11-13-5-4-10-22-13)9-8-18-16(21)14-6-2-3-7-15(14)17/h2-7,10H,8-9,11H2,1H3,(H,18,21). The number of amides is 2. The number of carbonyl (C=O) groups is 2. The second-order valence-corrected chi connectivity index (χ2v) is 5.16. The minimum absolute atomic E-state index is 0.0802. The number of nitrogens with zero attached hydrogens (tertiary/aromatic N) is 1. The van der Waals surface area contributed by atoms with E-state index >= 15 is 0 Å². The number of hydrogen-bond donors (Lipinski definition) is 1. The third-order valence-corrected chi connectivity index (χ3v) is 3.49. The monoisotopic (exact) mass is 320 g/mol. The maximum atomic E-state index is 12.0. The zero-order chi connectivity index (χ0) is 15.9. The van der Waals surface area contributed by atoms with E-state index in [0.717, 1.165) is 0 Å². The van der Waals surface area contributed by atoms with Gasteiger partial charge in [0.1, 0.15) is 5.76 Å². The van der Waals surface area contributed by atoms with Crippen LogP contribution in [-0.4, -0.2) is 29.8 Å². The maximum absolute atomic E-state index is 12.0. The lowest BCUT2D eigenvalue weighted by Gasteiger charge is -2.20. The molecule has 0 atom stereocenters. The molecule has 0 aliphatic heterocycles. The van der Waals surface area contributed by atoms with Crippen molar-refractivity contribution in [3.05, 3.63) is 59.0 Å². The van der Waals surface area contributed by atoms with Gasteiger partial charge in [-0.25, -0.2) is 0 Å². The molecule has 1 aromatic heterocycles. The number of rotatable bonds is 6. The highest BCUT2D eigenvalue weighted by Gasteiger charge is 2.13. The summed E-state index contributed by atoms with van der Waals surface area (Å²) in [4.78, 5) is 25.2. The molecule has 5 nitrogen and oxygen atoms in total. The van der Waals surface area contributed by atoms with Gasteiger partial charge in [-0.05, 0) is 24.3 Å². The number of furan rings is 1. The first kappa shape index (κ1) is 16.1. The van der Waals surface area contributed by atoms with Crippen molar-refractivity contribution >= 4 is 23.4 Å². The summed E-state index contributed by atoms with van der Waals surface area (Å²) < 4.78 is 5.23. The first-order valence-electron chi connectivity index (χ1n) is 6.88. The molecule has 116 valence electrons. The van der Waals surface area contributed by atoms with Gasteiger partial charge in [0, 0.05) is 20.0 Å². The van der Waals surface area contributed by atoms with Crippen molar-refractivity contribution in [3.63, 3.8) is 0 Å². The molecule has 0 aliphatic rings. The van der Waals surface area contributed by atoms with Gasteiger partial charge in [-0.1, -0.05) is 23.7 Å². The smallest absolute Gasteiger partial charge is 0.252 e. The van der Waals surface area contributed by atoms with Crippen molar-refractivity contribution in [2.45, 2.75) is 13.5 Å². The average molecular weight is 321 g/mol. The van der Waals surface area contributed by atoms with Crippen LogP contribution < -0.4 is 5.32 Å². The van der Waals surface area contributed by atoms with Crippen molar-refractivity contribution in [1.29, 1.82) is 0 Å². The zero-order valence-corrected chi connectivity index (χ0v) is 13.0. The number of carbonyl (C=O) groups excluding carboxylic acids is 2. The molecule has 0 unspecified atom stereocenters. The first-order chi connectivity index (χ1) is 10.6. The lowest BCUT2D eigenvalue weighted by atomic mass is 10.2. The molecular formula is C16H17ClN2O3.